The smallest absolute Gasteiger partial charge is 0.0741 e. The molecule has 2 N–H and O–H groups in total. The Hall–Kier alpha value is -1.65. The third kappa shape index (κ3) is 3.68. The van der Waals surface area contributed by atoms with Gasteiger partial charge >= 0.3 is 0 Å². The lowest BCUT2D eigenvalue weighted by Crippen LogP contribution is -2.38. The summed E-state index contributed by atoms with van der Waals surface area (Å²) in [5, 5.41) is 17.8. The van der Waals surface area contributed by atoms with Gasteiger partial charge in [-0.2, -0.15) is 5.10 Å². The van der Waals surface area contributed by atoms with E-state index in [1.54, 1.807) is 0 Å². The Kier molecular flexibility index (Phi) is 4.57. The highest BCUT2D eigenvalue weighted by molar-refractivity contribution is 5.31. The van der Waals surface area contributed by atoms with Crippen molar-refractivity contribution in [3.63, 3.8) is 0 Å². The summed E-state index contributed by atoms with van der Waals surface area (Å²) >= 11 is 0. The van der Waals surface area contributed by atoms with Crippen LogP contribution >= 0.6 is 0 Å². The van der Waals surface area contributed by atoms with Crippen molar-refractivity contribution in [2.45, 2.75) is 38.8 Å². The normalized spacial score (nSPS) is 15.8. The molecule has 0 spiro atoms. The zero-order valence-corrected chi connectivity index (χ0v) is 12.4. The fourth-order valence-electron chi connectivity index (χ4n) is 1.90. The van der Waals surface area contributed by atoms with E-state index in [9.17, 15) is 5.11 Å². The van der Waals surface area contributed by atoms with Gasteiger partial charge in [0.1, 0.15) is 0 Å². The monoisotopic (exact) mass is 273 g/mol. The van der Waals surface area contributed by atoms with E-state index in [-0.39, 0.29) is 6.04 Å². The van der Waals surface area contributed by atoms with Gasteiger partial charge in [0.25, 0.3) is 0 Å². The first-order valence-electron chi connectivity index (χ1n) is 7.07. The number of aliphatic hydroxyl groups is 1. The summed E-state index contributed by atoms with van der Waals surface area (Å²) in [4.78, 5) is 0. The van der Waals surface area contributed by atoms with Crippen LogP contribution in [-0.4, -0.2) is 27.0 Å². The van der Waals surface area contributed by atoms with Crippen LogP contribution in [0, 0.1) is 0 Å². The van der Waals surface area contributed by atoms with Gasteiger partial charge in [-0.25, -0.2) is 4.68 Å². The fraction of sp³-hybridized carbons (Fsp3) is 0.438. The zero-order valence-electron chi connectivity index (χ0n) is 12.4. The molecule has 0 amide bonds. The van der Waals surface area contributed by atoms with Crippen molar-refractivity contribution in [2.75, 3.05) is 6.54 Å². The van der Waals surface area contributed by atoms with Gasteiger partial charge in [-0.3, -0.25) is 0 Å². The van der Waals surface area contributed by atoms with Crippen LogP contribution in [0.15, 0.2) is 42.7 Å². The fourth-order valence-corrected chi connectivity index (χ4v) is 1.90. The predicted octanol–water partition coefficient (Wildman–Crippen LogP) is 2.68. The second kappa shape index (κ2) is 6.20. The Morgan fingerprint density at radius 3 is 2.70 bits per heavy atom. The third-order valence-corrected chi connectivity index (χ3v) is 3.67. The first-order valence-corrected chi connectivity index (χ1v) is 7.07. The van der Waals surface area contributed by atoms with Gasteiger partial charge in [-0.15, -0.1) is 0 Å². The minimum Gasteiger partial charge on any atom is -0.389 e. The summed E-state index contributed by atoms with van der Waals surface area (Å²) in [5.41, 5.74) is 1.50. The second-order valence-electron chi connectivity index (χ2n) is 5.51. The molecule has 1 aromatic heterocycles. The van der Waals surface area contributed by atoms with E-state index in [0.717, 1.165) is 17.7 Å². The number of para-hydroxylation sites is 1. The Labute approximate surface area is 120 Å². The molecule has 0 radical (unpaired) electrons. The number of benzene rings is 1. The maximum absolute atomic E-state index is 10.0. The van der Waals surface area contributed by atoms with E-state index < -0.39 is 5.60 Å². The van der Waals surface area contributed by atoms with E-state index in [2.05, 4.69) is 17.3 Å². The molecule has 4 heteroatoms. The lowest BCUT2D eigenvalue weighted by Gasteiger charge is -2.24. The summed E-state index contributed by atoms with van der Waals surface area (Å²) in [6.07, 6.45) is 4.62. The first-order chi connectivity index (χ1) is 9.52. The number of rotatable bonds is 6. The van der Waals surface area contributed by atoms with Crippen LogP contribution in [0.2, 0.25) is 0 Å². The maximum Gasteiger partial charge on any atom is 0.0741 e. The summed E-state index contributed by atoms with van der Waals surface area (Å²) in [5.74, 6) is 0. The standard InChI is InChI=1S/C16H23N3O/c1-4-16(3,20)12-17-13(2)14-10-18-19(11-14)15-8-6-5-7-9-15/h5-11,13,17,20H,4,12H2,1-3H3. The van der Waals surface area contributed by atoms with Crippen LogP contribution in [0.1, 0.15) is 38.8 Å². The maximum atomic E-state index is 10.0. The number of aromatic nitrogens is 2. The van der Waals surface area contributed by atoms with Crippen molar-refractivity contribution in [2.24, 2.45) is 0 Å². The molecule has 4 nitrogen and oxygen atoms in total. The Balaban J connectivity index is 2.02. The number of nitrogens with zero attached hydrogens (tertiary/aromatic N) is 2. The Bertz CT molecular complexity index is 534. The molecular weight excluding hydrogens is 250 g/mol. The minimum absolute atomic E-state index is 0.158. The van der Waals surface area contributed by atoms with E-state index in [1.165, 1.54) is 0 Å². The highest BCUT2D eigenvalue weighted by Gasteiger charge is 2.19. The molecule has 0 aliphatic rings. The van der Waals surface area contributed by atoms with Crippen LogP contribution in [0.4, 0.5) is 0 Å². The number of nitrogens with one attached hydrogen (secondary N) is 1. The quantitative estimate of drug-likeness (QED) is 0.850. The summed E-state index contributed by atoms with van der Waals surface area (Å²) < 4.78 is 1.87. The van der Waals surface area contributed by atoms with Crippen LogP contribution < -0.4 is 5.32 Å². The third-order valence-electron chi connectivity index (χ3n) is 3.67. The summed E-state index contributed by atoms with van der Waals surface area (Å²) in [7, 11) is 0. The van der Waals surface area contributed by atoms with Crippen LogP contribution in [0.3, 0.4) is 0 Å². The van der Waals surface area contributed by atoms with Gasteiger partial charge in [-0.05, 0) is 32.4 Å². The van der Waals surface area contributed by atoms with Crippen molar-refractivity contribution in [1.82, 2.24) is 15.1 Å². The number of hydrogen-bond donors (Lipinski definition) is 2. The molecule has 2 rings (SSSR count). The molecule has 2 aromatic rings. The average Bonchev–Trinajstić information content (AvgIpc) is 2.96. The molecule has 0 saturated carbocycles. The largest absolute Gasteiger partial charge is 0.389 e. The van der Waals surface area contributed by atoms with Crippen molar-refractivity contribution in [1.29, 1.82) is 0 Å². The molecule has 2 atom stereocenters. The van der Waals surface area contributed by atoms with Gasteiger partial charge in [-0.1, -0.05) is 25.1 Å². The van der Waals surface area contributed by atoms with Crippen molar-refractivity contribution >= 4 is 0 Å². The van der Waals surface area contributed by atoms with Crippen molar-refractivity contribution in [3.8, 4) is 5.69 Å². The Morgan fingerprint density at radius 1 is 1.35 bits per heavy atom. The van der Waals surface area contributed by atoms with Crippen LogP contribution in [0.25, 0.3) is 5.69 Å². The highest BCUT2D eigenvalue weighted by Crippen LogP contribution is 2.16. The van der Waals surface area contributed by atoms with E-state index >= 15 is 0 Å². The molecule has 0 aliphatic heterocycles. The van der Waals surface area contributed by atoms with Crippen molar-refractivity contribution in [3.05, 3.63) is 48.3 Å². The first kappa shape index (κ1) is 14.8. The highest BCUT2D eigenvalue weighted by atomic mass is 16.3. The van der Waals surface area contributed by atoms with Gasteiger partial charge < -0.3 is 10.4 Å². The summed E-state index contributed by atoms with van der Waals surface area (Å²) in [6.45, 7) is 6.49. The topological polar surface area (TPSA) is 50.1 Å². The van der Waals surface area contributed by atoms with Crippen LogP contribution in [-0.2, 0) is 0 Å². The lowest BCUT2D eigenvalue weighted by molar-refractivity contribution is 0.0533. The molecule has 0 fully saturated rings. The lowest BCUT2D eigenvalue weighted by atomic mass is 10.0. The van der Waals surface area contributed by atoms with E-state index in [4.69, 9.17) is 0 Å². The predicted molar refractivity (Wildman–Crippen MR) is 80.9 cm³/mol. The molecular formula is C16H23N3O. The van der Waals surface area contributed by atoms with Gasteiger partial charge in [0.2, 0.25) is 0 Å². The molecule has 0 bridgehead atoms. The van der Waals surface area contributed by atoms with Gasteiger partial charge in [0.15, 0.2) is 0 Å². The molecule has 20 heavy (non-hydrogen) atoms. The number of hydrogen-bond acceptors (Lipinski definition) is 3. The minimum atomic E-state index is -0.663. The van der Waals surface area contributed by atoms with E-state index in [1.807, 2.05) is 61.3 Å². The van der Waals surface area contributed by atoms with Crippen molar-refractivity contribution < 1.29 is 5.11 Å². The molecule has 1 heterocycles. The van der Waals surface area contributed by atoms with Gasteiger partial charge in [0, 0.05) is 24.3 Å². The average molecular weight is 273 g/mol. The molecule has 0 saturated heterocycles. The Morgan fingerprint density at radius 2 is 2.05 bits per heavy atom. The molecule has 2 unspecified atom stereocenters. The van der Waals surface area contributed by atoms with Gasteiger partial charge in [0.05, 0.1) is 17.5 Å². The zero-order chi connectivity index (χ0) is 14.6. The van der Waals surface area contributed by atoms with Crippen LogP contribution in [0.5, 0.6) is 0 Å². The molecule has 108 valence electrons. The molecule has 1 aromatic carbocycles. The molecule has 0 aliphatic carbocycles. The van der Waals surface area contributed by atoms with E-state index in [0.29, 0.717) is 6.54 Å². The second-order valence-corrected chi connectivity index (χ2v) is 5.51. The SMILES string of the molecule is CCC(C)(O)CNC(C)c1cnn(-c2ccccc2)c1. The summed E-state index contributed by atoms with van der Waals surface area (Å²) in [6, 6.07) is 10.2.